The number of morpholine rings is 1. The van der Waals surface area contributed by atoms with Gasteiger partial charge in [0.2, 0.25) is 11.9 Å². The number of hydrogen-bond acceptors (Lipinski definition) is 8. The Morgan fingerprint density at radius 1 is 1.24 bits per heavy atom. The average molecular weight is 472 g/mol. The molecule has 0 saturated carbocycles. The highest BCUT2D eigenvalue weighted by Gasteiger charge is 2.21. The van der Waals surface area contributed by atoms with E-state index in [1.165, 1.54) is 19.3 Å². The molecule has 34 heavy (non-hydrogen) atoms. The third kappa shape index (κ3) is 7.17. The van der Waals surface area contributed by atoms with Gasteiger partial charge in [0.15, 0.2) is 11.5 Å². The van der Waals surface area contributed by atoms with Crippen molar-refractivity contribution in [1.82, 2.24) is 9.97 Å². The Morgan fingerprint density at radius 3 is 2.44 bits per heavy atom. The molecule has 0 radical (unpaired) electrons. The molecule has 1 aromatic heterocycles. The van der Waals surface area contributed by atoms with Crippen LogP contribution in [-0.2, 0) is 9.53 Å². The number of nitrogens with two attached hydrogens (primary N) is 1. The summed E-state index contributed by atoms with van der Waals surface area (Å²) < 4.78 is 15.9. The summed E-state index contributed by atoms with van der Waals surface area (Å²) in [4.78, 5) is 34.3. The molecule has 2 heterocycles. The molecule has 2 amide bonds. The number of primary amides is 1. The van der Waals surface area contributed by atoms with Crippen molar-refractivity contribution in [2.24, 2.45) is 5.73 Å². The minimum atomic E-state index is -0.509. The van der Waals surface area contributed by atoms with Gasteiger partial charge in [0.1, 0.15) is 0 Å². The van der Waals surface area contributed by atoms with Gasteiger partial charge in [-0.05, 0) is 25.5 Å². The first-order valence-corrected chi connectivity index (χ1v) is 11.0. The SMILES string of the molecule is C/C=C\N(C(C)=O)c1ccc(OC)c(OC)c1.CCC1CN(c2ncc(C(N)=O)cn2)CCO1. The van der Waals surface area contributed by atoms with Crippen molar-refractivity contribution in [1.29, 1.82) is 0 Å². The second kappa shape index (κ2) is 13.1. The van der Waals surface area contributed by atoms with Crippen LogP contribution in [0.15, 0.2) is 42.9 Å². The van der Waals surface area contributed by atoms with E-state index in [0.717, 1.165) is 25.2 Å². The number of amides is 2. The number of methoxy groups -OCH3 is 2. The molecule has 1 unspecified atom stereocenters. The van der Waals surface area contributed by atoms with Crippen molar-refractivity contribution < 1.29 is 23.8 Å². The van der Waals surface area contributed by atoms with Crippen LogP contribution in [0.4, 0.5) is 11.6 Å². The number of ether oxygens (including phenoxy) is 3. The first kappa shape index (κ1) is 26.6. The first-order chi connectivity index (χ1) is 16.3. The number of rotatable bonds is 7. The van der Waals surface area contributed by atoms with Crippen molar-refractivity contribution >= 4 is 23.5 Å². The molecule has 0 spiro atoms. The Kier molecular flexibility index (Phi) is 10.3. The molecule has 3 rings (SSSR count). The summed E-state index contributed by atoms with van der Waals surface area (Å²) >= 11 is 0. The summed E-state index contributed by atoms with van der Waals surface area (Å²) in [6, 6.07) is 5.34. The Bertz CT molecular complexity index is 980. The number of carbonyl (C=O) groups excluding carboxylic acids is 2. The van der Waals surface area contributed by atoms with Gasteiger partial charge in [-0.15, -0.1) is 0 Å². The largest absolute Gasteiger partial charge is 0.493 e. The Labute approximate surface area is 200 Å². The van der Waals surface area contributed by atoms with E-state index >= 15 is 0 Å². The third-order valence-electron chi connectivity index (χ3n) is 5.08. The number of benzene rings is 1. The summed E-state index contributed by atoms with van der Waals surface area (Å²) in [5.74, 6) is 1.29. The molecular formula is C24H33N5O5. The summed E-state index contributed by atoms with van der Waals surface area (Å²) in [6.45, 7) is 7.69. The van der Waals surface area contributed by atoms with E-state index in [2.05, 4.69) is 21.8 Å². The van der Waals surface area contributed by atoms with Crippen LogP contribution in [0.2, 0.25) is 0 Å². The second-order valence-electron chi connectivity index (χ2n) is 7.39. The van der Waals surface area contributed by atoms with Crippen LogP contribution >= 0.6 is 0 Å². The van der Waals surface area contributed by atoms with Crippen molar-refractivity contribution in [3.8, 4) is 11.5 Å². The van der Waals surface area contributed by atoms with Crippen LogP contribution in [0.1, 0.15) is 37.6 Å². The number of nitrogens with zero attached hydrogens (tertiary/aromatic N) is 4. The topological polar surface area (TPSA) is 120 Å². The number of aromatic nitrogens is 2. The summed E-state index contributed by atoms with van der Waals surface area (Å²) in [7, 11) is 3.14. The fourth-order valence-electron chi connectivity index (χ4n) is 3.26. The number of hydrogen-bond donors (Lipinski definition) is 1. The van der Waals surface area contributed by atoms with Gasteiger partial charge >= 0.3 is 0 Å². The average Bonchev–Trinajstić information content (AvgIpc) is 2.87. The Balaban J connectivity index is 0.000000240. The molecular weight excluding hydrogens is 438 g/mol. The molecule has 2 N–H and O–H groups in total. The van der Waals surface area contributed by atoms with Crippen LogP contribution in [0.25, 0.3) is 0 Å². The lowest BCUT2D eigenvalue weighted by Gasteiger charge is -2.32. The van der Waals surface area contributed by atoms with E-state index in [1.54, 1.807) is 43.5 Å². The van der Waals surface area contributed by atoms with Crippen molar-refractivity contribution in [3.63, 3.8) is 0 Å². The van der Waals surface area contributed by atoms with Crippen molar-refractivity contribution in [3.05, 3.63) is 48.4 Å². The molecule has 2 aromatic rings. The molecule has 184 valence electrons. The van der Waals surface area contributed by atoms with E-state index in [1.807, 2.05) is 13.0 Å². The van der Waals surface area contributed by atoms with Crippen LogP contribution in [0, 0.1) is 0 Å². The Morgan fingerprint density at radius 2 is 1.91 bits per heavy atom. The quantitative estimate of drug-likeness (QED) is 0.655. The maximum absolute atomic E-state index is 11.5. The van der Waals surface area contributed by atoms with Gasteiger partial charge in [0.25, 0.3) is 5.91 Å². The normalized spacial score (nSPS) is 15.3. The molecule has 1 atom stereocenters. The van der Waals surface area contributed by atoms with Gasteiger partial charge in [-0.3, -0.25) is 14.5 Å². The van der Waals surface area contributed by atoms with Crippen LogP contribution in [-0.4, -0.2) is 61.8 Å². The fourth-order valence-corrected chi connectivity index (χ4v) is 3.26. The predicted molar refractivity (Wildman–Crippen MR) is 130 cm³/mol. The highest BCUT2D eigenvalue weighted by atomic mass is 16.5. The van der Waals surface area contributed by atoms with Crippen LogP contribution in [0.3, 0.4) is 0 Å². The molecule has 1 aliphatic rings. The monoisotopic (exact) mass is 471 g/mol. The minimum Gasteiger partial charge on any atom is -0.493 e. The molecule has 10 nitrogen and oxygen atoms in total. The van der Waals surface area contributed by atoms with Crippen molar-refractivity contribution in [2.75, 3.05) is 43.7 Å². The lowest BCUT2D eigenvalue weighted by molar-refractivity contribution is -0.116. The van der Waals surface area contributed by atoms with Gasteiger partial charge < -0.3 is 24.8 Å². The molecule has 1 aromatic carbocycles. The van der Waals surface area contributed by atoms with E-state index in [0.29, 0.717) is 29.6 Å². The van der Waals surface area contributed by atoms with E-state index < -0.39 is 5.91 Å². The van der Waals surface area contributed by atoms with E-state index in [-0.39, 0.29) is 12.0 Å². The zero-order valence-electron chi connectivity index (χ0n) is 20.4. The van der Waals surface area contributed by atoms with Gasteiger partial charge in [0, 0.05) is 44.7 Å². The highest BCUT2D eigenvalue weighted by Crippen LogP contribution is 2.31. The van der Waals surface area contributed by atoms with Crippen LogP contribution in [0.5, 0.6) is 11.5 Å². The number of carbonyl (C=O) groups is 2. The van der Waals surface area contributed by atoms with Gasteiger partial charge in [-0.1, -0.05) is 13.0 Å². The molecule has 1 fully saturated rings. The van der Waals surface area contributed by atoms with Crippen LogP contribution < -0.4 is 25.0 Å². The fraction of sp³-hybridized carbons (Fsp3) is 0.417. The minimum absolute atomic E-state index is 0.0599. The molecule has 1 saturated heterocycles. The summed E-state index contributed by atoms with van der Waals surface area (Å²) in [5, 5.41) is 0. The lowest BCUT2D eigenvalue weighted by Crippen LogP contribution is -2.43. The smallest absolute Gasteiger partial charge is 0.251 e. The second-order valence-corrected chi connectivity index (χ2v) is 7.39. The molecule has 0 aliphatic carbocycles. The van der Waals surface area contributed by atoms with E-state index in [4.69, 9.17) is 19.9 Å². The standard InChI is InChI=1S/C13H17NO3.C11H16N4O2/c1-5-8-14(10(2)15)11-6-7-12(16-3)13(9-11)17-4;1-2-9-7-15(3-4-17-9)11-13-5-8(6-14-11)10(12)16/h5-9H,1-4H3;5-6,9H,2-4,7H2,1H3,(H2,12,16)/b8-5-;. The Hall–Kier alpha value is -3.66. The predicted octanol–water partition coefficient (Wildman–Crippen LogP) is 2.78. The third-order valence-corrected chi connectivity index (χ3v) is 5.08. The maximum atomic E-state index is 11.5. The first-order valence-electron chi connectivity index (χ1n) is 11.0. The molecule has 1 aliphatic heterocycles. The van der Waals surface area contributed by atoms with Gasteiger partial charge in [0.05, 0.1) is 38.2 Å². The number of allylic oxidation sites excluding steroid dienone is 1. The summed E-state index contributed by atoms with van der Waals surface area (Å²) in [5.41, 5.74) is 6.20. The lowest BCUT2D eigenvalue weighted by atomic mass is 10.2. The van der Waals surface area contributed by atoms with E-state index in [9.17, 15) is 9.59 Å². The molecule has 10 heteroatoms. The zero-order valence-corrected chi connectivity index (χ0v) is 20.4. The highest BCUT2D eigenvalue weighted by molar-refractivity contribution is 5.93. The maximum Gasteiger partial charge on any atom is 0.251 e. The number of anilines is 2. The summed E-state index contributed by atoms with van der Waals surface area (Å²) in [6.07, 6.45) is 7.63. The zero-order chi connectivity index (χ0) is 25.1. The molecule has 0 bridgehead atoms. The van der Waals surface area contributed by atoms with Crippen molar-refractivity contribution in [2.45, 2.75) is 33.3 Å². The van der Waals surface area contributed by atoms with Gasteiger partial charge in [-0.2, -0.15) is 0 Å². The van der Waals surface area contributed by atoms with Gasteiger partial charge in [-0.25, -0.2) is 9.97 Å².